The molecule has 2 saturated heterocycles. The highest BCUT2D eigenvalue weighted by Gasteiger charge is 2.58. The van der Waals surface area contributed by atoms with Gasteiger partial charge in [-0.3, -0.25) is 0 Å². The van der Waals surface area contributed by atoms with Crippen LogP contribution in [0.3, 0.4) is 0 Å². The Labute approximate surface area is 306 Å². The Morgan fingerprint density at radius 3 is 1.37 bits per heavy atom. The number of aliphatic hydroxyl groups is 2. The molecule has 52 heavy (non-hydrogen) atoms. The highest BCUT2D eigenvalue weighted by Crippen LogP contribution is 2.41. The van der Waals surface area contributed by atoms with Crippen molar-refractivity contribution in [1.29, 1.82) is 0 Å². The van der Waals surface area contributed by atoms with Gasteiger partial charge in [0.05, 0.1) is 38.6 Å². The molecule has 9 heteroatoms. The van der Waals surface area contributed by atoms with Crippen LogP contribution in [-0.4, -0.2) is 71.1 Å². The summed E-state index contributed by atoms with van der Waals surface area (Å²) in [4.78, 5) is 0. The Bertz CT molecular complexity index is 1630. The summed E-state index contributed by atoms with van der Waals surface area (Å²) in [5, 5.41) is 23.9. The summed E-state index contributed by atoms with van der Waals surface area (Å²) in [5.74, 6) is -1.72. The second kappa shape index (κ2) is 18.3. The molecular formula is C43H50O9. The second-order valence-corrected chi connectivity index (χ2v) is 13.4. The van der Waals surface area contributed by atoms with Crippen molar-refractivity contribution in [1.82, 2.24) is 0 Å². The minimum atomic E-state index is -1.72. The second-order valence-electron chi connectivity index (χ2n) is 13.4. The quantitative estimate of drug-likeness (QED) is 0.126. The van der Waals surface area contributed by atoms with Gasteiger partial charge in [-0.15, -0.1) is 6.58 Å². The number of ether oxygens (including phenoxy) is 7. The van der Waals surface area contributed by atoms with Crippen LogP contribution in [0, 0.1) is 0 Å². The average Bonchev–Trinajstić information content (AvgIpc) is 3.17. The van der Waals surface area contributed by atoms with Crippen LogP contribution >= 0.6 is 0 Å². The summed E-state index contributed by atoms with van der Waals surface area (Å²) >= 11 is 0. The monoisotopic (exact) mass is 710 g/mol. The van der Waals surface area contributed by atoms with E-state index in [4.69, 9.17) is 33.2 Å². The maximum atomic E-state index is 12.4. The third-order valence-corrected chi connectivity index (χ3v) is 9.58. The van der Waals surface area contributed by atoms with Gasteiger partial charge in [0, 0.05) is 6.42 Å². The molecule has 2 aliphatic heterocycles. The highest BCUT2D eigenvalue weighted by molar-refractivity contribution is 5.17. The summed E-state index contributed by atoms with van der Waals surface area (Å²) < 4.78 is 45.5. The Morgan fingerprint density at radius 1 is 0.558 bits per heavy atom. The van der Waals surface area contributed by atoms with Gasteiger partial charge in [-0.05, 0) is 36.1 Å². The van der Waals surface area contributed by atoms with Gasteiger partial charge in [-0.1, -0.05) is 127 Å². The molecule has 0 aliphatic carbocycles. The number of benzene rings is 4. The third kappa shape index (κ3) is 9.43. The van der Waals surface area contributed by atoms with Crippen LogP contribution in [0.5, 0.6) is 0 Å². The summed E-state index contributed by atoms with van der Waals surface area (Å²) in [6.45, 7) is 8.70. The van der Waals surface area contributed by atoms with Crippen molar-refractivity contribution in [2.24, 2.45) is 0 Å². The van der Waals surface area contributed by atoms with Crippen molar-refractivity contribution < 1.29 is 43.4 Å². The molecular weight excluding hydrogens is 660 g/mol. The van der Waals surface area contributed by atoms with Crippen molar-refractivity contribution in [3.63, 3.8) is 0 Å². The van der Waals surface area contributed by atoms with Crippen LogP contribution < -0.4 is 0 Å². The molecule has 2 heterocycles. The maximum absolute atomic E-state index is 12.4. The van der Waals surface area contributed by atoms with Crippen LogP contribution in [0.4, 0.5) is 0 Å². The fourth-order valence-electron chi connectivity index (χ4n) is 6.91. The van der Waals surface area contributed by atoms with Gasteiger partial charge < -0.3 is 43.4 Å². The van der Waals surface area contributed by atoms with Gasteiger partial charge in [0.1, 0.15) is 36.6 Å². The normalized spacial score (nSPS) is 30.5. The highest BCUT2D eigenvalue weighted by atomic mass is 16.8. The standard InChI is InChI=1S/C43H50O9/c1-4-25-43(41(44)39(49-29-35-23-15-8-16-24-35)37(31(3)51-43)47-27-33-19-11-6-12-20-33)52-40-38(48-28-34-21-13-7-14-22-34)36(30(2)50-42(40)45)46-26-32-17-9-5-10-18-32/h4-24,30-31,36-42,44-45H,1,25-29H2,2-3H3/t30-,31-,36-,37-,38+,39+,40+,41+,42+,43-/m0/s1. The molecule has 6 rings (SSSR count). The Balaban J connectivity index is 1.30. The van der Waals surface area contributed by atoms with E-state index in [0.29, 0.717) is 0 Å². The molecule has 2 aliphatic rings. The molecule has 4 aromatic rings. The molecule has 9 nitrogen and oxygen atoms in total. The van der Waals surface area contributed by atoms with Crippen molar-refractivity contribution in [2.45, 2.75) is 108 Å². The van der Waals surface area contributed by atoms with Crippen LogP contribution in [0.1, 0.15) is 42.5 Å². The number of aliphatic hydroxyl groups excluding tert-OH is 2. The molecule has 276 valence electrons. The summed E-state index contributed by atoms with van der Waals surface area (Å²) in [6.07, 6.45) is -6.46. The molecule has 0 spiro atoms. The number of rotatable bonds is 16. The van der Waals surface area contributed by atoms with E-state index in [-0.39, 0.29) is 32.8 Å². The van der Waals surface area contributed by atoms with Crippen LogP contribution in [0.2, 0.25) is 0 Å². The summed E-state index contributed by atoms with van der Waals surface area (Å²) in [6, 6.07) is 39.1. The number of hydrogen-bond donors (Lipinski definition) is 2. The lowest BCUT2D eigenvalue weighted by Gasteiger charge is -2.53. The fraction of sp³-hybridized carbons (Fsp3) is 0.395. The molecule has 4 aromatic carbocycles. The molecule has 0 saturated carbocycles. The first-order chi connectivity index (χ1) is 25.4. The Kier molecular flexibility index (Phi) is 13.4. The van der Waals surface area contributed by atoms with Gasteiger partial charge in [-0.25, -0.2) is 0 Å². The van der Waals surface area contributed by atoms with Gasteiger partial charge in [0.2, 0.25) is 5.79 Å². The lowest BCUT2D eigenvalue weighted by Crippen LogP contribution is -2.69. The Hall–Kier alpha value is -3.74. The first kappa shape index (κ1) is 38.0. The van der Waals surface area contributed by atoms with E-state index in [2.05, 4.69) is 6.58 Å². The molecule has 2 fully saturated rings. The fourth-order valence-corrected chi connectivity index (χ4v) is 6.91. The lowest BCUT2D eigenvalue weighted by atomic mass is 9.89. The Morgan fingerprint density at radius 2 is 0.942 bits per heavy atom. The SMILES string of the molecule is C=CC[C@@]1(O[C@@H]2[C@H](OCc3ccccc3)[C@@H](OCc3ccccc3)[C@H](C)O[C@H]2O)O[C@@H](C)[C@H](OCc2ccccc2)[C@@H](OCc2ccccc2)[C@H]1O. The van der Waals surface area contributed by atoms with Crippen molar-refractivity contribution >= 4 is 0 Å². The minimum absolute atomic E-state index is 0.0643. The lowest BCUT2D eigenvalue weighted by molar-refractivity contribution is -0.411. The summed E-state index contributed by atoms with van der Waals surface area (Å²) in [5.41, 5.74) is 3.82. The van der Waals surface area contributed by atoms with Gasteiger partial charge in [-0.2, -0.15) is 0 Å². The smallest absolute Gasteiger partial charge is 0.201 e. The van der Waals surface area contributed by atoms with Crippen molar-refractivity contribution in [3.8, 4) is 0 Å². The maximum Gasteiger partial charge on any atom is 0.201 e. The zero-order chi connectivity index (χ0) is 36.3. The molecule has 10 atom stereocenters. The number of hydrogen-bond acceptors (Lipinski definition) is 9. The van der Waals surface area contributed by atoms with Crippen LogP contribution in [0.25, 0.3) is 0 Å². The zero-order valence-electron chi connectivity index (χ0n) is 29.8. The first-order valence-corrected chi connectivity index (χ1v) is 18.0. The van der Waals surface area contributed by atoms with Crippen LogP contribution in [-0.2, 0) is 59.6 Å². The first-order valence-electron chi connectivity index (χ1n) is 18.0. The third-order valence-electron chi connectivity index (χ3n) is 9.58. The molecule has 0 aromatic heterocycles. The van der Waals surface area contributed by atoms with Crippen molar-refractivity contribution in [2.75, 3.05) is 0 Å². The minimum Gasteiger partial charge on any atom is -0.385 e. The molecule has 0 radical (unpaired) electrons. The van der Waals surface area contributed by atoms with E-state index < -0.39 is 60.9 Å². The predicted molar refractivity (Wildman–Crippen MR) is 196 cm³/mol. The van der Waals surface area contributed by atoms with Crippen molar-refractivity contribution in [3.05, 3.63) is 156 Å². The van der Waals surface area contributed by atoms with E-state index >= 15 is 0 Å². The van der Waals surface area contributed by atoms with Crippen LogP contribution in [0.15, 0.2) is 134 Å². The van der Waals surface area contributed by atoms with E-state index in [1.807, 2.05) is 135 Å². The van der Waals surface area contributed by atoms with E-state index in [9.17, 15) is 10.2 Å². The zero-order valence-corrected chi connectivity index (χ0v) is 29.8. The largest absolute Gasteiger partial charge is 0.385 e. The summed E-state index contributed by atoms with van der Waals surface area (Å²) in [7, 11) is 0. The van der Waals surface area contributed by atoms with Gasteiger partial charge >= 0.3 is 0 Å². The van der Waals surface area contributed by atoms with E-state index in [0.717, 1.165) is 22.3 Å². The molecule has 2 N–H and O–H groups in total. The predicted octanol–water partition coefficient (Wildman–Crippen LogP) is 6.50. The van der Waals surface area contributed by atoms with E-state index in [1.54, 1.807) is 6.08 Å². The molecule has 0 bridgehead atoms. The molecule has 0 unspecified atom stereocenters. The van der Waals surface area contributed by atoms with E-state index in [1.165, 1.54) is 0 Å². The van der Waals surface area contributed by atoms with Gasteiger partial charge in [0.25, 0.3) is 0 Å². The molecule has 0 amide bonds. The average molecular weight is 711 g/mol. The topological polar surface area (TPSA) is 105 Å². The van der Waals surface area contributed by atoms with Gasteiger partial charge in [0.15, 0.2) is 6.29 Å².